The van der Waals surface area contributed by atoms with Gasteiger partial charge in [0.2, 0.25) is 5.95 Å². The van der Waals surface area contributed by atoms with Gasteiger partial charge in [0.15, 0.2) is 17.4 Å². The smallest absolute Gasteiger partial charge is 0.280 e. The minimum atomic E-state index is -1.27. The van der Waals surface area contributed by atoms with E-state index in [9.17, 15) is 15.0 Å². The molecule has 0 bridgehead atoms. The number of imidazole rings is 1. The van der Waals surface area contributed by atoms with Crippen LogP contribution in [-0.4, -0.2) is 73.9 Å². The van der Waals surface area contributed by atoms with Crippen LogP contribution in [0.2, 0.25) is 0 Å². The van der Waals surface area contributed by atoms with Gasteiger partial charge < -0.3 is 25.0 Å². The van der Waals surface area contributed by atoms with E-state index in [-0.39, 0.29) is 11.2 Å². The van der Waals surface area contributed by atoms with Gasteiger partial charge >= 0.3 is 0 Å². The average Bonchev–Trinajstić information content (AvgIpc) is 3.02. The van der Waals surface area contributed by atoms with Crippen LogP contribution in [0.1, 0.15) is 6.23 Å². The van der Waals surface area contributed by atoms with Gasteiger partial charge in [-0.2, -0.15) is 4.98 Å². The summed E-state index contributed by atoms with van der Waals surface area (Å²) < 4.78 is 6.81. The Labute approximate surface area is 124 Å². The van der Waals surface area contributed by atoms with Gasteiger partial charge in [-0.25, -0.2) is 4.98 Å². The summed E-state index contributed by atoms with van der Waals surface area (Å²) in [5.41, 5.74) is -0.0928. The van der Waals surface area contributed by atoms with Gasteiger partial charge in [0, 0.05) is 14.1 Å². The number of ether oxygens (including phenoxy) is 1. The van der Waals surface area contributed by atoms with Crippen molar-refractivity contribution >= 4 is 17.1 Å². The molecule has 1 saturated heterocycles. The molecular formula is C12H17N5O5. The topological polar surface area (TPSA) is 137 Å². The predicted molar refractivity (Wildman–Crippen MR) is 75.5 cm³/mol. The first-order valence-corrected chi connectivity index (χ1v) is 6.70. The second kappa shape index (κ2) is 5.32. The van der Waals surface area contributed by atoms with Crippen molar-refractivity contribution in [1.82, 2.24) is 19.5 Å². The third-order valence-electron chi connectivity index (χ3n) is 3.63. The van der Waals surface area contributed by atoms with Crippen LogP contribution in [0.15, 0.2) is 11.1 Å². The SMILES string of the molecule is CN(C)c1nc2c(ncn2[C@@H]2O[C@H](CO)[C@H](O)[C@@H]2O)c(=O)[nH]1. The van der Waals surface area contributed by atoms with Crippen molar-refractivity contribution < 1.29 is 20.1 Å². The molecule has 2 aromatic heterocycles. The summed E-state index contributed by atoms with van der Waals surface area (Å²) >= 11 is 0. The Kier molecular flexibility index (Phi) is 3.60. The number of anilines is 1. The molecule has 3 rings (SSSR count). The van der Waals surface area contributed by atoms with Gasteiger partial charge in [0.1, 0.15) is 18.3 Å². The van der Waals surface area contributed by atoms with E-state index in [0.29, 0.717) is 5.95 Å². The van der Waals surface area contributed by atoms with E-state index in [1.807, 2.05) is 0 Å². The molecule has 0 aromatic carbocycles. The molecule has 4 atom stereocenters. The molecule has 3 heterocycles. The summed E-state index contributed by atoms with van der Waals surface area (Å²) in [6, 6.07) is 0. The number of H-pyrrole nitrogens is 1. The van der Waals surface area contributed by atoms with Crippen molar-refractivity contribution in [3.05, 3.63) is 16.7 Å². The Morgan fingerprint density at radius 2 is 2.14 bits per heavy atom. The van der Waals surface area contributed by atoms with Crippen molar-refractivity contribution in [2.75, 3.05) is 25.6 Å². The summed E-state index contributed by atoms with van der Waals surface area (Å²) in [6.45, 7) is -0.432. The number of nitrogens with one attached hydrogen (secondary N) is 1. The Morgan fingerprint density at radius 3 is 2.73 bits per heavy atom. The molecule has 0 spiro atoms. The Bertz CT molecular complexity index is 741. The van der Waals surface area contributed by atoms with E-state index in [1.165, 1.54) is 10.9 Å². The number of aliphatic hydroxyl groups is 3. The van der Waals surface area contributed by atoms with E-state index in [0.717, 1.165) is 0 Å². The minimum absolute atomic E-state index is 0.100. The van der Waals surface area contributed by atoms with Crippen LogP contribution in [0.3, 0.4) is 0 Å². The maximum absolute atomic E-state index is 12.0. The van der Waals surface area contributed by atoms with Crippen LogP contribution < -0.4 is 10.5 Å². The number of hydrogen-bond donors (Lipinski definition) is 4. The molecule has 22 heavy (non-hydrogen) atoms. The average molecular weight is 311 g/mol. The lowest BCUT2D eigenvalue weighted by atomic mass is 10.1. The molecule has 1 aliphatic rings. The molecule has 0 amide bonds. The molecule has 0 radical (unpaired) electrons. The van der Waals surface area contributed by atoms with Crippen LogP contribution in [0.4, 0.5) is 5.95 Å². The summed E-state index contributed by atoms with van der Waals surface area (Å²) in [5, 5.41) is 29.1. The number of aliphatic hydroxyl groups excluding tert-OH is 3. The molecule has 1 fully saturated rings. The predicted octanol–water partition coefficient (Wildman–Crippen LogP) is -2.20. The first-order valence-electron chi connectivity index (χ1n) is 6.70. The minimum Gasteiger partial charge on any atom is -0.394 e. The normalized spacial score (nSPS) is 28.4. The molecular weight excluding hydrogens is 294 g/mol. The molecule has 0 aliphatic carbocycles. The zero-order chi connectivity index (χ0) is 16.0. The molecule has 120 valence electrons. The fourth-order valence-corrected chi connectivity index (χ4v) is 2.42. The highest BCUT2D eigenvalue weighted by Crippen LogP contribution is 2.30. The number of fused-ring (bicyclic) bond motifs is 1. The van der Waals surface area contributed by atoms with Gasteiger partial charge in [-0.05, 0) is 0 Å². The van der Waals surface area contributed by atoms with Crippen LogP contribution in [0, 0.1) is 0 Å². The summed E-state index contributed by atoms with van der Waals surface area (Å²) in [4.78, 5) is 24.5. The standard InChI is InChI=1S/C12H17N5O5/c1-16(2)12-14-9-6(10(21)15-12)13-4-17(9)11-8(20)7(19)5(3-18)22-11/h4-5,7-8,11,18-20H,3H2,1-2H3,(H,14,15,21)/t5-,7+,8+,11-/m1/s1. The maximum Gasteiger partial charge on any atom is 0.280 e. The van der Waals surface area contributed by atoms with Gasteiger partial charge in [0.05, 0.1) is 12.9 Å². The molecule has 2 aromatic rings. The van der Waals surface area contributed by atoms with Crippen molar-refractivity contribution in [2.45, 2.75) is 24.5 Å². The van der Waals surface area contributed by atoms with E-state index in [4.69, 9.17) is 9.84 Å². The van der Waals surface area contributed by atoms with E-state index in [2.05, 4.69) is 15.0 Å². The summed E-state index contributed by atoms with van der Waals surface area (Å²) in [5.74, 6) is 0.325. The lowest BCUT2D eigenvalue weighted by molar-refractivity contribution is -0.0511. The zero-order valence-electron chi connectivity index (χ0n) is 12.0. The van der Waals surface area contributed by atoms with Gasteiger partial charge in [-0.15, -0.1) is 0 Å². The number of aromatic amines is 1. The highest BCUT2D eigenvalue weighted by Gasteiger charge is 2.44. The van der Waals surface area contributed by atoms with E-state index < -0.39 is 36.7 Å². The molecule has 10 nitrogen and oxygen atoms in total. The Hall–Kier alpha value is -2.01. The molecule has 0 saturated carbocycles. The van der Waals surface area contributed by atoms with Crippen molar-refractivity contribution in [3.8, 4) is 0 Å². The van der Waals surface area contributed by atoms with Crippen LogP contribution >= 0.6 is 0 Å². The van der Waals surface area contributed by atoms with Gasteiger partial charge in [0.25, 0.3) is 5.56 Å². The van der Waals surface area contributed by atoms with E-state index >= 15 is 0 Å². The third-order valence-corrected chi connectivity index (χ3v) is 3.63. The van der Waals surface area contributed by atoms with Crippen LogP contribution in [0.5, 0.6) is 0 Å². The highest BCUT2D eigenvalue weighted by atomic mass is 16.6. The van der Waals surface area contributed by atoms with E-state index in [1.54, 1.807) is 19.0 Å². The molecule has 1 aliphatic heterocycles. The number of rotatable bonds is 3. The Morgan fingerprint density at radius 1 is 1.41 bits per heavy atom. The number of hydrogen-bond acceptors (Lipinski definition) is 8. The van der Waals surface area contributed by atoms with Crippen LogP contribution in [0.25, 0.3) is 11.2 Å². The maximum atomic E-state index is 12.0. The lowest BCUT2D eigenvalue weighted by Gasteiger charge is -2.17. The zero-order valence-corrected chi connectivity index (χ0v) is 12.0. The van der Waals surface area contributed by atoms with Crippen molar-refractivity contribution in [2.24, 2.45) is 0 Å². The molecule has 0 unspecified atom stereocenters. The highest BCUT2D eigenvalue weighted by molar-refractivity contribution is 5.71. The molecule has 10 heteroatoms. The monoisotopic (exact) mass is 311 g/mol. The van der Waals surface area contributed by atoms with Crippen molar-refractivity contribution in [3.63, 3.8) is 0 Å². The van der Waals surface area contributed by atoms with Crippen molar-refractivity contribution in [1.29, 1.82) is 0 Å². The molecule has 4 N–H and O–H groups in total. The lowest BCUT2D eigenvalue weighted by Crippen LogP contribution is -2.33. The van der Waals surface area contributed by atoms with Gasteiger partial charge in [-0.3, -0.25) is 14.3 Å². The summed E-state index contributed by atoms with van der Waals surface area (Å²) in [6.07, 6.45) is -3.08. The first-order chi connectivity index (χ1) is 10.4. The first kappa shape index (κ1) is 14.9. The fraction of sp³-hybridized carbons (Fsp3) is 0.583. The summed E-state index contributed by atoms with van der Waals surface area (Å²) in [7, 11) is 3.44. The number of aromatic nitrogens is 4. The number of nitrogens with zero attached hydrogens (tertiary/aromatic N) is 4. The van der Waals surface area contributed by atoms with Crippen LogP contribution in [-0.2, 0) is 4.74 Å². The third kappa shape index (κ3) is 2.16. The fourth-order valence-electron chi connectivity index (χ4n) is 2.42. The second-order valence-corrected chi connectivity index (χ2v) is 5.34. The second-order valence-electron chi connectivity index (χ2n) is 5.34. The van der Waals surface area contributed by atoms with Gasteiger partial charge in [-0.1, -0.05) is 0 Å². The Balaban J connectivity index is 2.10. The quantitative estimate of drug-likeness (QED) is 0.501. The largest absolute Gasteiger partial charge is 0.394 e.